The van der Waals surface area contributed by atoms with Crippen molar-refractivity contribution in [2.45, 2.75) is 6.04 Å². The highest BCUT2D eigenvalue weighted by Crippen LogP contribution is 2.22. The van der Waals surface area contributed by atoms with E-state index in [4.69, 9.17) is 10.5 Å². The van der Waals surface area contributed by atoms with E-state index < -0.39 is 0 Å². The highest BCUT2D eigenvalue weighted by atomic mass is 35.5. The van der Waals surface area contributed by atoms with Gasteiger partial charge in [0.1, 0.15) is 11.5 Å². The first-order valence-corrected chi connectivity index (χ1v) is 6.84. The monoisotopic (exact) mass is 310 g/mol. The molecule has 0 amide bonds. The number of thiol groups is 1. The second-order valence-electron chi connectivity index (χ2n) is 4.26. The van der Waals surface area contributed by atoms with Crippen LogP contribution in [0.2, 0.25) is 0 Å². The molecule has 2 aromatic carbocycles. The van der Waals surface area contributed by atoms with E-state index in [-0.39, 0.29) is 18.4 Å². The fourth-order valence-electron chi connectivity index (χ4n) is 1.58. The number of nitrogens with one attached hydrogen (secondary N) is 1. The number of nitrogens with two attached hydrogens (primary N) is 1. The number of hydrogen-bond donors (Lipinski definition) is 3. The van der Waals surface area contributed by atoms with Gasteiger partial charge in [-0.05, 0) is 36.4 Å². The van der Waals surface area contributed by atoms with Crippen molar-refractivity contribution in [3.05, 3.63) is 54.6 Å². The summed E-state index contributed by atoms with van der Waals surface area (Å²) in [6, 6.07) is 17.6. The largest absolute Gasteiger partial charge is 0.457 e. The predicted molar refractivity (Wildman–Crippen MR) is 90.5 cm³/mol. The third-order valence-corrected chi connectivity index (χ3v) is 3.11. The summed E-state index contributed by atoms with van der Waals surface area (Å²) in [6.45, 7) is 0.711. The summed E-state index contributed by atoms with van der Waals surface area (Å²) in [5.41, 5.74) is 6.81. The van der Waals surface area contributed by atoms with Gasteiger partial charge in [-0.25, -0.2) is 0 Å². The topological polar surface area (TPSA) is 47.3 Å². The van der Waals surface area contributed by atoms with Gasteiger partial charge in [0.25, 0.3) is 0 Å². The molecule has 0 unspecified atom stereocenters. The lowest BCUT2D eigenvalue weighted by Crippen LogP contribution is -2.30. The van der Waals surface area contributed by atoms with E-state index in [1.165, 1.54) is 0 Å². The van der Waals surface area contributed by atoms with E-state index in [2.05, 4.69) is 17.9 Å². The van der Waals surface area contributed by atoms with Gasteiger partial charge in [-0.3, -0.25) is 0 Å². The minimum absolute atomic E-state index is 0. The van der Waals surface area contributed by atoms with Crippen LogP contribution in [0, 0.1) is 0 Å². The second kappa shape index (κ2) is 8.74. The first-order chi connectivity index (χ1) is 9.28. The predicted octanol–water partition coefficient (Wildman–Crippen LogP) is 3.57. The summed E-state index contributed by atoms with van der Waals surface area (Å²) < 4.78 is 5.72. The Morgan fingerprint density at radius 2 is 1.60 bits per heavy atom. The lowest BCUT2D eigenvalue weighted by Gasteiger charge is -2.11. The number of hydrogen-bond acceptors (Lipinski definition) is 4. The third-order valence-electron chi connectivity index (χ3n) is 2.64. The second-order valence-corrected chi connectivity index (χ2v) is 4.63. The quantitative estimate of drug-likeness (QED) is 0.715. The van der Waals surface area contributed by atoms with Gasteiger partial charge in [0, 0.05) is 24.0 Å². The summed E-state index contributed by atoms with van der Waals surface area (Å²) in [7, 11) is 0. The maximum Gasteiger partial charge on any atom is 0.127 e. The van der Waals surface area contributed by atoms with Crippen LogP contribution in [-0.2, 0) is 0 Å². The highest BCUT2D eigenvalue weighted by Gasteiger charge is 2.00. The SMILES string of the molecule is Cl.N[C@@H](CS)CNc1ccc(Oc2ccccc2)cc1. The Labute approximate surface area is 131 Å². The van der Waals surface area contributed by atoms with Crippen LogP contribution in [0.15, 0.2) is 54.6 Å². The van der Waals surface area contributed by atoms with Crippen molar-refractivity contribution in [2.24, 2.45) is 5.73 Å². The van der Waals surface area contributed by atoms with Crippen molar-refractivity contribution in [3.8, 4) is 11.5 Å². The molecule has 0 aliphatic heterocycles. The normalized spacial score (nSPS) is 11.3. The van der Waals surface area contributed by atoms with Crippen LogP contribution >= 0.6 is 25.0 Å². The van der Waals surface area contributed by atoms with Crippen molar-refractivity contribution < 1.29 is 4.74 Å². The van der Waals surface area contributed by atoms with Gasteiger partial charge in [0.05, 0.1) is 0 Å². The van der Waals surface area contributed by atoms with Gasteiger partial charge < -0.3 is 15.8 Å². The van der Waals surface area contributed by atoms with E-state index in [9.17, 15) is 0 Å². The molecule has 0 heterocycles. The lowest BCUT2D eigenvalue weighted by atomic mass is 10.2. The molecule has 2 aromatic rings. The molecule has 108 valence electrons. The first-order valence-electron chi connectivity index (χ1n) is 6.21. The summed E-state index contributed by atoms with van der Waals surface area (Å²) in [6.07, 6.45) is 0. The fourth-order valence-corrected chi connectivity index (χ4v) is 1.71. The Balaban J connectivity index is 0.00000200. The molecule has 0 radical (unpaired) electrons. The molecule has 1 atom stereocenters. The number of ether oxygens (including phenoxy) is 1. The molecule has 3 nitrogen and oxygen atoms in total. The van der Waals surface area contributed by atoms with Crippen LogP contribution in [0.4, 0.5) is 5.69 Å². The van der Waals surface area contributed by atoms with Crippen molar-refractivity contribution in [3.63, 3.8) is 0 Å². The molecule has 2 rings (SSSR count). The van der Waals surface area contributed by atoms with Crippen molar-refractivity contribution in [2.75, 3.05) is 17.6 Å². The van der Waals surface area contributed by atoms with Crippen molar-refractivity contribution in [1.82, 2.24) is 0 Å². The molecule has 0 bridgehead atoms. The van der Waals surface area contributed by atoms with Gasteiger partial charge in [0.2, 0.25) is 0 Å². The molecule has 0 fully saturated rings. The van der Waals surface area contributed by atoms with E-state index in [0.717, 1.165) is 17.2 Å². The zero-order chi connectivity index (χ0) is 13.5. The third kappa shape index (κ3) is 5.33. The summed E-state index contributed by atoms with van der Waals surface area (Å²) in [5.74, 6) is 2.32. The van der Waals surface area contributed by atoms with Gasteiger partial charge in [0.15, 0.2) is 0 Å². The molecule has 0 saturated heterocycles. The van der Waals surface area contributed by atoms with E-state index >= 15 is 0 Å². The molecule has 20 heavy (non-hydrogen) atoms. The summed E-state index contributed by atoms with van der Waals surface area (Å²) >= 11 is 4.15. The van der Waals surface area contributed by atoms with Gasteiger partial charge in [-0.2, -0.15) is 12.6 Å². The minimum atomic E-state index is 0. The van der Waals surface area contributed by atoms with E-state index in [1.54, 1.807) is 0 Å². The molecule has 0 spiro atoms. The van der Waals surface area contributed by atoms with Gasteiger partial charge in [-0.15, -0.1) is 12.4 Å². The van der Waals surface area contributed by atoms with Crippen LogP contribution in [-0.4, -0.2) is 18.3 Å². The summed E-state index contributed by atoms with van der Waals surface area (Å²) in [5, 5.41) is 3.26. The summed E-state index contributed by atoms with van der Waals surface area (Å²) in [4.78, 5) is 0. The zero-order valence-corrected chi connectivity index (χ0v) is 12.7. The minimum Gasteiger partial charge on any atom is -0.457 e. The number of anilines is 1. The molecule has 0 aromatic heterocycles. The maximum atomic E-state index is 5.79. The molecule has 0 saturated carbocycles. The molecule has 0 aliphatic carbocycles. The Morgan fingerprint density at radius 3 is 2.20 bits per heavy atom. The highest BCUT2D eigenvalue weighted by molar-refractivity contribution is 7.80. The van der Waals surface area contributed by atoms with Gasteiger partial charge in [-0.1, -0.05) is 18.2 Å². The smallest absolute Gasteiger partial charge is 0.127 e. The Kier molecular flexibility index (Phi) is 7.30. The molecule has 5 heteroatoms. The number of halogens is 1. The van der Waals surface area contributed by atoms with Crippen molar-refractivity contribution >= 4 is 30.7 Å². The molecular weight excluding hydrogens is 292 g/mol. The Morgan fingerprint density at radius 1 is 1.00 bits per heavy atom. The number of para-hydroxylation sites is 1. The standard InChI is InChI=1S/C15H18N2OS.ClH/c16-12(11-19)10-17-13-6-8-15(9-7-13)18-14-4-2-1-3-5-14;/h1-9,12,17,19H,10-11,16H2;1H/t12-;/m1./s1. The van der Waals surface area contributed by atoms with Gasteiger partial charge >= 0.3 is 0 Å². The van der Waals surface area contributed by atoms with E-state index in [1.807, 2.05) is 54.6 Å². The molecule has 3 N–H and O–H groups in total. The van der Waals surface area contributed by atoms with Crippen LogP contribution in [0.5, 0.6) is 11.5 Å². The molecular formula is C15H19ClN2OS. The average Bonchev–Trinajstić information content (AvgIpc) is 2.47. The van der Waals surface area contributed by atoms with Crippen LogP contribution < -0.4 is 15.8 Å². The first kappa shape index (κ1) is 16.7. The fraction of sp³-hybridized carbons (Fsp3) is 0.200. The molecule has 0 aliphatic rings. The zero-order valence-electron chi connectivity index (χ0n) is 11.0. The van der Waals surface area contributed by atoms with Crippen LogP contribution in [0.1, 0.15) is 0 Å². The Bertz CT molecular complexity index is 493. The average molecular weight is 311 g/mol. The number of rotatable bonds is 6. The van der Waals surface area contributed by atoms with Crippen LogP contribution in [0.25, 0.3) is 0 Å². The van der Waals surface area contributed by atoms with Crippen molar-refractivity contribution in [1.29, 1.82) is 0 Å². The maximum absolute atomic E-state index is 5.79. The van der Waals surface area contributed by atoms with E-state index in [0.29, 0.717) is 12.3 Å². The lowest BCUT2D eigenvalue weighted by molar-refractivity contribution is 0.483. The Hall–Kier alpha value is -1.36. The van der Waals surface area contributed by atoms with Crippen LogP contribution in [0.3, 0.4) is 0 Å². The number of benzene rings is 2.